The number of alkyl halides is 2. The third-order valence-electron chi connectivity index (χ3n) is 7.26. The molecule has 0 bridgehead atoms. The number of halogens is 2. The van der Waals surface area contributed by atoms with Crippen molar-refractivity contribution in [2.24, 2.45) is 10.8 Å². The van der Waals surface area contributed by atoms with E-state index in [2.05, 4.69) is 118 Å². The summed E-state index contributed by atoms with van der Waals surface area (Å²) >= 11 is 15.7. The molecule has 0 amide bonds. The number of allylic oxidation sites excluding steroid dienone is 8. The average molecular weight is 514 g/mol. The Hall–Kier alpha value is 0.191. The maximum Gasteiger partial charge on any atom is 0.115 e. The van der Waals surface area contributed by atoms with Crippen LogP contribution >= 0.6 is 23.2 Å². The van der Waals surface area contributed by atoms with E-state index in [0.29, 0.717) is 0 Å². The van der Waals surface area contributed by atoms with Crippen molar-refractivity contribution in [2.75, 3.05) is 0 Å². The van der Waals surface area contributed by atoms with Gasteiger partial charge >= 0.3 is 0 Å². The second kappa shape index (κ2) is 7.60. The minimum Gasteiger partial charge on any atom is -0.114 e. The van der Waals surface area contributed by atoms with Gasteiger partial charge in [0.15, 0.2) is 0 Å². The maximum atomic E-state index is 7.87. The first-order valence-electron chi connectivity index (χ1n) is 11.7. The molecule has 0 saturated heterocycles. The zero-order chi connectivity index (χ0) is 24.6. The van der Waals surface area contributed by atoms with Gasteiger partial charge in [-0.25, -0.2) is 0 Å². The monoisotopic (exact) mass is 512 g/mol. The summed E-state index contributed by atoms with van der Waals surface area (Å²) in [5, 5.41) is 2.95. The normalized spacial score (nSPS) is 28.4. The van der Waals surface area contributed by atoms with Gasteiger partial charge in [0.2, 0.25) is 0 Å². The number of rotatable bonds is 4. The summed E-state index contributed by atoms with van der Waals surface area (Å²) in [6, 6.07) is 0. The van der Waals surface area contributed by atoms with E-state index < -0.39 is 33.2 Å². The van der Waals surface area contributed by atoms with Crippen molar-refractivity contribution < 1.29 is 0 Å². The van der Waals surface area contributed by atoms with Crippen LogP contribution < -0.4 is 0 Å². The number of hydrogen-bond donors (Lipinski definition) is 0. The van der Waals surface area contributed by atoms with E-state index in [4.69, 9.17) is 23.2 Å². The zero-order valence-electron chi connectivity index (χ0n) is 22.6. The fourth-order valence-corrected chi connectivity index (χ4v) is 13.6. The molecule has 5 heteroatoms. The van der Waals surface area contributed by atoms with Crippen molar-refractivity contribution in [3.8, 4) is 0 Å². The molecular formula is C26H46Cl2Si3. The molecule has 2 aliphatic rings. The van der Waals surface area contributed by atoms with Crippen molar-refractivity contribution in [2.45, 2.75) is 103 Å². The Balaban J connectivity index is 2.84. The van der Waals surface area contributed by atoms with Crippen LogP contribution in [0.15, 0.2) is 45.8 Å². The van der Waals surface area contributed by atoms with Gasteiger partial charge in [-0.1, -0.05) is 129 Å². The van der Waals surface area contributed by atoms with Crippen molar-refractivity contribution in [3.63, 3.8) is 0 Å². The Morgan fingerprint density at radius 1 is 0.581 bits per heavy atom. The average Bonchev–Trinajstić information content (AvgIpc) is 3.05. The van der Waals surface area contributed by atoms with E-state index in [-0.39, 0.29) is 10.8 Å². The summed E-state index contributed by atoms with van der Waals surface area (Å²) in [5.41, 5.74) is 2.71. The molecule has 0 aliphatic heterocycles. The van der Waals surface area contributed by atoms with Crippen LogP contribution in [0, 0.1) is 10.8 Å². The summed E-state index contributed by atoms with van der Waals surface area (Å²) in [6.45, 7) is 33.2. The summed E-state index contributed by atoms with van der Waals surface area (Å²) in [7, 11) is -5.42. The lowest BCUT2D eigenvalue weighted by molar-refractivity contribution is 0.477. The molecule has 2 rings (SSSR count). The molecule has 0 heterocycles. The molecule has 0 spiro atoms. The van der Waals surface area contributed by atoms with E-state index in [0.717, 1.165) is 0 Å². The van der Waals surface area contributed by atoms with E-state index in [9.17, 15) is 0 Å². The second-order valence-corrected chi connectivity index (χ2v) is 31.2. The van der Waals surface area contributed by atoms with Gasteiger partial charge in [-0.3, -0.25) is 0 Å². The summed E-state index contributed by atoms with van der Waals surface area (Å²) in [4.78, 5) is 0. The topological polar surface area (TPSA) is 0 Å². The van der Waals surface area contributed by atoms with Crippen LogP contribution in [0.3, 0.4) is 0 Å². The van der Waals surface area contributed by atoms with Gasteiger partial charge in [0, 0.05) is 0 Å². The lowest BCUT2D eigenvalue weighted by atomic mass is 9.85. The third-order valence-corrected chi connectivity index (χ3v) is 19.2. The minimum absolute atomic E-state index is 0.00724. The molecule has 0 radical (unpaired) electrons. The summed E-state index contributed by atoms with van der Waals surface area (Å²) < 4.78 is -1.00. The molecule has 0 aromatic carbocycles. The van der Waals surface area contributed by atoms with Crippen molar-refractivity contribution in [1.82, 2.24) is 0 Å². The molecule has 0 fully saturated rings. The molecule has 0 aromatic heterocycles. The molecule has 2 atom stereocenters. The van der Waals surface area contributed by atoms with Crippen molar-refractivity contribution in [3.05, 3.63) is 45.8 Å². The molecule has 176 valence electrons. The largest absolute Gasteiger partial charge is 0.115 e. The lowest BCUT2D eigenvalue weighted by Gasteiger charge is -2.52. The molecule has 2 unspecified atom stereocenters. The zero-order valence-corrected chi connectivity index (χ0v) is 27.1. The van der Waals surface area contributed by atoms with E-state index in [1.54, 1.807) is 0 Å². The van der Waals surface area contributed by atoms with Gasteiger partial charge in [-0.05, 0) is 22.0 Å². The molecule has 0 aromatic rings. The Labute approximate surface area is 206 Å². The Morgan fingerprint density at radius 2 is 0.839 bits per heavy atom. The van der Waals surface area contributed by atoms with Crippen LogP contribution in [0.2, 0.25) is 52.4 Å². The molecule has 0 N–H and O–H groups in total. The van der Waals surface area contributed by atoms with Gasteiger partial charge in [0.05, 0.1) is 25.1 Å². The van der Waals surface area contributed by atoms with E-state index >= 15 is 0 Å². The Morgan fingerprint density at radius 3 is 1.03 bits per heavy atom. The van der Waals surface area contributed by atoms with Gasteiger partial charge in [-0.15, -0.1) is 23.2 Å². The first-order chi connectivity index (χ1) is 13.4. The van der Waals surface area contributed by atoms with E-state index in [1.807, 2.05) is 0 Å². The fraction of sp³-hybridized carbons (Fsp3) is 0.692. The van der Waals surface area contributed by atoms with Crippen LogP contribution in [0.25, 0.3) is 0 Å². The van der Waals surface area contributed by atoms with Crippen molar-refractivity contribution in [1.29, 1.82) is 0 Å². The van der Waals surface area contributed by atoms with Gasteiger partial charge < -0.3 is 0 Å². The fourth-order valence-electron chi connectivity index (χ4n) is 4.88. The highest BCUT2D eigenvalue weighted by Gasteiger charge is 2.64. The molecule has 0 nitrogen and oxygen atoms in total. The first kappa shape index (κ1) is 27.4. The Bertz CT molecular complexity index is 806. The smallest absolute Gasteiger partial charge is 0.114 e. The highest BCUT2D eigenvalue weighted by atomic mass is 35.5. The van der Waals surface area contributed by atoms with Crippen LogP contribution in [0.4, 0.5) is 0 Å². The summed E-state index contributed by atoms with van der Waals surface area (Å²) in [5.74, 6) is 0. The molecule has 2 aliphatic carbocycles. The lowest BCUT2D eigenvalue weighted by Crippen LogP contribution is -2.65. The number of hydrogen-bond acceptors (Lipinski definition) is 0. The Kier molecular flexibility index (Phi) is 6.72. The first-order valence-corrected chi connectivity index (χ1v) is 22.4. The van der Waals surface area contributed by atoms with Crippen LogP contribution in [0.5, 0.6) is 0 Å². The van der Waals surface area contributed by atoms with Gasteiger partial charge in [0.25, 0.3) is 0 Å². The minimum atomic E-state index is -2.39. The predicted molar refractivity (Wildman–Crippen MR) is 153 cm³/mol. The molecular weight excluding hydrogens is 467 g/mol. The third kappa shape index (κ3) is 4.60. The standard InChI is InChI=1S/C26H46Cl2Si3/c1-23(2,3)21-15-19(29(7,8)9)17-25(21,27)31(13,14)26(28)18-20(30(10,11)12)16-22(26)24(4,5)6/h15-18H,1-14H3. The van der Waals surface area contributed by atoms with Crippen molar-refractivity contribution >= 4 is 47.4 Å². The van der Waals surface area contributed by atoms with E-state index in [1.165, 1.54) is 21.5 Å². The van der Waals surface area contributed by atoms with Crippen LogP contribution in [-0.2, 0) is 0 Å². The SMILES string of the molecule is CC(C)(C)C1=CC([Si](C)(C)C)=CC1(Cl)[Si](C)(C)C1(Cl)C=C([Si](C)(C)C)C=C1C(C)(C)C. The van der Waals surface area contributed by atoms with Gasteiger partial charge in [0.1, 0.15) is 8.07 Å². The second-order valence-electron chi connectivity index (χ2n) is 14.4. The molecule has 31 heavy (non-hydrogen) atoms. The van der Waals surface area contributed by atoms with Gasteiger partial charge in [-0.2, -0.15) is 0 Å². The summed E-state index contributed by atoms with van der Waals surface area (Å²) in [6.07, 6.45) is 9.79. The quantitative estimate of drug-likeness (QED) is 0.259. The highest BCUT2D eigenvalue weighted by Crippen LogP contribution is 2.59. The van der Waals surface area contributed by atoms with Crippen LogP contribution in [0.1, 0.15) is 41.5 Å². The predicted octanol–water partition coefficient (Wildman–Crippen LogP) is 9.31. The highest BCUT2D eigenvalue weighted by molar-refractivity contribution is 6.98. The van der Waals surface area contributed by atoms with Crippen LogP contribution in [-0.4, -0.2) is 33.2 Å². The molecule has 0 saturated carbocycles. The maximum absolute atomic E-state index is 7.87.